The summed E-state index contributed by atoms with van der Waals surface area (Å²) in [6.45, 7) is 48.8. The Labute approximate surface area is 389 Å². The zero-order chi connectivity index (χ0) is 43.1. The maximum atomic E-state index is 2.12. The Balaban J connectivity index is -0.0000000198. The van der Waals surface area contributed by atoms with Gasteiger partial charge in [-0.15, -0.1) is 0 Å². The molecule has 4 aromatic rings. The molecule has 0 nitrogen and oxygen atoms in total. The van der Waals surface area contributed by atoms with Crippen molar-refractivity contribution in [2.24, 2.45) is 0 Å². The van der Waals surface area contributed by atoms with Gasteiger partial charge in [-0.1, -0.05) is 346 Å². The second kappa shape index (κ2) is 230. The number of benzene rings is 4. The molecule has 0 saturated heterocycles. The Bertz CT molecular complexity index is 461. The van der Waals surface area contributed by atoms with E-state index in [0.717, 1.165) is 0 Å². The third kappa shape index (κ3) is 280. The summed E-state index contributed by atoms with van der Waals surface area (Å²) in [7, 11) is 0. The molecule has 1 heteroatoms. The van der Waals surface area contributed by atoms with Gasteiger partial charge in [-0.3, -0.25) is 0 Å². The zero-order valence-electron chi connectivity index (χ0n) is 42.5. The predicted octanol–water partition coefficient (Wildman–Crippen LogP) is 22.4. The van der Waals surface area contributed by atoms with Crippen LogP contribution in [0.5, 0.6) is 0 Å². The average Bonchev–Trinajstić information content (AvgIpc) is 3.28. The van der Waals surface area contributed by atoms with Crippen molar-refractivity contribution in [3.63, 3.8) is 0 Å². The van der Waals surface area contributed by atoms with E-state index in [2.05, 4.69) is 41.5 Å². The van der Waals surface area contributed by atoms with Crippen LogP contribution in [0.4, 0.5) is 0 Å². The Kier molecular flexibility index (Phi) is 454. The molecule has 0 unspecified atom stereocenters. The molecule has 4 aromatic carbocycles. The van der Waals surface area contributed by atoms with Crippen molar-refractivity contribution >= 4 is 0 Å². The van der Waals surface area contributed by atoms with Crippen molar-refractivity contribution in [2.45, 2.75) is 200 Å². The van der Waals surface area contributed by atoms with Crippen molar-refractivity contribution in [3.8, 4) is 0 Å². The van der Waals surface area contributed by atoms with Crippen LogP contribution in [0.1, 0.15) is 200 Å². The van der Waals surface area contributed by atoms with Gasteiger partial charge in [-0.2, -0.15) is 0 Å². The molecule has 0 amide bonds. The number of hydrogen-bond acceptors (Lipinski definition) is 0. The molecule has 0 radical (unpaired) electrons. The van der Waals surface area contributed by atoms with Crippen molar-refractivity contribution in [2.75, 3.05) is 0 Å². The van der Waals surface area contributed by atoms with E-state index in [1.807, 2.05) is 270 Å². The molecule has 0 atom stereocenters. The van der Waals surface area contributed by atoms with E-state index in [4.69, 9.17) is 0 Å². The fourth-order valence-corrected chi connectivity index (χ4v) is 1.54. The maximum Gasteiger partial charge on any atom is 2.00 e. The number of rotatable bonds is 0. The van der Waals surface area contributed by atoms with E-state index in [-0.39, 0.29) is 60.8 Å². The van der Waals surface area contributed by atoms with E-state index in [0.29, 0.717) is 0 Å². The summed E-state index contributed by atoms with van der Waals surface area (Å²) >= 11 is 0. The predicted molar refractivity (Wildman–Crippen MR) is 282 cm³/mol. The van der Waals surface area contributed by atoms with Gasteiger partial charge in [0.1, 0.15) is 0 Å². The fourth-order valence-electron chi connectivity index (χ4n) is 1.54. The van der Waals surface area contributed by atoms with Gasteiger partial charge in [-0.25, -0.2) is 0 Å². The van der Waals surface area contributed by atoms with Gasteiger partial charge in [0.2, 0.25) is 0 Å². The minimum absolute atomic E-state index is 0. The quantitative estimate of drug-likeness (QED) is 0.154. The number of hydrogen-bond donors (Lipinski definition) is 0. The summed E-state index contributed by atoms with van der Waals surface area (Å²) in [5.74, 6) is 0. The van der Waals surface area contributed by atoms with Gasteiger partial charge in [0.15, 0.2) is 0 Å². The molecule has 0 aliphatic heterocycles. The van der Waals surface area contributed by atoms with Gasteiger partial charge in [0, 0.05) is 0 Å². The standard InChI is InChI=1S/4C6H6.3C3H8.9C2H6.2CH4.2CH3.U/c4*1-2-4-6-5-3-1;3*1-3-2;9*1-2;;;;;/h4*1-6H;3*3H2,1-2H3;9*1-2H3;2*1H4;2*1H3;/q;;;;;;;;;;;;;;;;;;2*-1;+2. The van der Waals surface area contributed by atoms with Crippen molar-refractivity contribution in [1.29, 1.82) is 0 Å². The summed E-state index contributed by atoms with van der Waals surface area (Å²) in [6.07, 6.45) is 3.75. The maximum absolute atomic E-state index is 2.12. The van der Waals surface area contributed by atoms with Gasteiger partial charge in [-0.05, 0) is 0 Å². The molecule has 0 saturated carbocycles. The summed E-state index contributed by atoms with van der Waals surface area (Å²) in [5, 5.41) is 0. The van der Waals surface area contributed by atoms with Crippen LogP contribution in [0, 0.1) is 46.0 Å². The second-order valence-electron chi connectivity index (χ2n) is 6.74. The monoisotopic (exact) mass is 1010 g/mol. The van der Waals surface area contributed by atoms with Crippen LogP contribution < -0.4 is 0 Å². The topological polar surface area (TPSA) is 0 Å². The largest absolute Gasteiger partial charge is 2.00 e. The molecule has 340 valence electrons. The molecule has 0 fully saturated rings. The van der Waals surface area contributed by atoms with E-state index in [9.17, 15) is 0 Å². The van der Waals surface area contributed by atoms with Crippen LogP contribution in [0.25, 0.3) is 0 Å². The molecule has 0 spiro atoms. The first-order chi connectivity index (χ1) is 25.2. The normalized spacial score (nSPS) is 5.36. The Morgan fingerprint density at radius 1 is 0.179 bits per heavy atom. The van der Waals surface area contributed by atoms with Crippen molar-refractivity contribution < 1.29 is 31.1 Å². The van der Waals surface area contributed by atoms with Gasteiger partial charge >= 0.3 is 31.1 Å². The van der Waals surface area contributed by atoms with Crippen LogP contribution in [0.15, 0.2) is 146 Å². The first kappa shape index (κ1) is 111. The molecule has 0 aromatic heterocycles. The molecule has 0 aliphatic carbocycles. The molecule has 0 bridgehead atoms. The van der Waals surface area contributed by atoms with E-state index in [1.165, 1.54) is 19.3 Å². The minimum Gasteiger partial charge on any atom is -0.358 e. The van der Waals surface area contributed by atoms with Gasteiger partial charge < -0.3 is 14.9 Å². The van der Waals surface area contributed by atoms with Gasteiger partial charge in [0.25, 0.3) is 0 Å². The van der Waals surface area contributed by atoms with Gasteiger partial charge in [0.05, 0.1) is 0 Å². The smallest absolute Gasteiger partial charge is 0.358 e. The van der Waals surface area contributed by atoms with E-state index in [1.54, 1.807) is 0 Å². The average molecular weight is 1020 g/mol. The molecular formula is C55H116U. The van der Waals surface area contributed by atoms with Crippen LogP contribution in [0.3, 0.4) is 0 Å². The summed E-state index contributed by atoms with van der Waals surface area (Å²) < 4.78 is 0. The molecule has 0 N–H and O–H groups in total. The Hall–Kier alpha value is -2.07. The molecule has 4 rings (SSSR count). The van der Waals surface area contributed by atoms with E-state index >= 15 is 0 Å². The van der Waals surface area contributed by atoms with Crippen LogP contribution in [-0.2, 0) is 0 Å². The van der Waals surface area contributed by atoms with E-state index < -0.39 is 0 Å². The van der Waals surface area contributed by atoms with Crippen molar-refractivity contribution in [1.82, 2.24) is 0 Å². The third-order valence-corrected chi connectivity index (χ3v) is 2.67. The third-order valence-electron chi connectivity index (χ3n) is 2.67. The molecule has 0 aliphatic rings. The molecule has 56 heavy (non-hydrogen) atoms. The Morgan fingerprint density at radius 3 is 0.214 bits per heavy atom. The zero-order valence-corrected chi connectivity index (χ0v) is 46.6. The summed E-state index contributed by atoms with van der Waals surface area (Å²) in [4.78, 5) is 0. The summed E-state index contributed by atoms with van der Waals surface area (Å²) in [6, 6.07) is 48.0. The first-order valence-corrected chi connectivity index (χ1v) is 21.2. The van der Waals surface area contributed by atoms with Crippen LogP contribution in [0.2, 0.25) is 0 Å². The second-order valence-corrected chi connectivity index (χ2v) is 6.74. The first-order valence-electron chi connectivity index (χ1n) is 21.2. The molecular weight excluding hydrogens is 899 g/mol. The SMILES string of the molecule is C.C.CC.CC.CC.CC.CC.CC.CC.CC.CC.CCC.CCC.CCC.[CH3-].[CH3-].[U+2].c1ccccc1.c1ccccc1.c1ccccc1.c1ccccc1. The van der Waals surface area contributed by atoms with Crippen LogP contribution >= 0.6 is 0 Å². The van der Waals surface area contributed by atoms with Crippen LogP contribution in [-0.4, -0.2) is 0 Å². The van der Waals surface area contributed by atoms with Crippen molar-refractivity contribution in [3.05, 3.63) is 160 Å². The molecule has 0 heterocycles. The fraction of sp³-hybridized carbons (Fsp3) is 0.527. The summed E-state index contributed by atoms with van der Waals surface area (Å²) in [5.41, 5.74) is 0. The minimum atomic E-state index is 0. The Morgan fingerprint density at radius 2 is 0.196 bits per heavy atom.